The summed E-state index contributed by atoms with van der Waals surface area (Å²) in [5.74, 6) is 0. The lowest BCUT2D eigenvalue weighted by Crippen LogP contribution is -2.08. The molecule has 2 aromatic rings. The quantitative estimate of drug-likeness (QED) is 0.874. The van der Waals surface area contributed by atoms with Gasteiger partial charge in [0.15, 0.2) is 0 Å². The molecule has 3 heteroatoms. The summed E-state index contributed by atoms with van der Waals surface area (Å²) in [4.78, 5) is 3.25. The maximum Gasteiger partial charge on any atom is 0.0458 e. The number of nitrogens with two attached hydrogens (primary N) is 1. The van der Waals surface area contributed by atoms with E-state index in [-0.39, 0.29) is 6.04 Å². The highest BCUT2D eigenvalue weighted by atomic mass is 79.9. The summed E-state index contributed by atoms with van der Waals surface area (Å²) in [5.41, 5.74) is 8.50. The van der Waals surface area contributed by atoms with Crippen molar-refractivity contribution in [3.05, 3.63) is 34.4 Å². The molecule has 0 aliphatic rings. The summed E-state index contributed by atoms with van der Waals surface area (Å²) >= 11 is 3.48. The van der Waals surface area contributed by atoms with E-state index in [1.165, 1.54) is 10.9 Å². The van der Waals surface area contributed by atoms with E-state index >= 15 is 0 Å². The van der Waals surface area contributed by atoms with Gasteiger partial charge in [-0.05, 0) is 30.2 Å². The third-order valence-electron chi connectivity index (χ3n) is 2.67. The van der Waals surface area contributed by atoms with Gasteiger partial charge in [-0.1, -0.05) is 29.3 Å². The third kappa shape index (κ3) is 2.08. The van der Waals surface area contributed by atoms with Gasteiger partial charge >= 0.3 is 0 Å². The number of fused-ring (bicyclic) bond motifs is 1. The molecule has 0 unspecified atom stereocenters. The van der Waals surface area contributed by atoms with E-state index in [9.17, 15) is 0 Å². The molecule has 2 rings (SSSR count). The minimum Gasteiger partial charge on any atom is -0.361 e. The Hall–Kier alpha value is -0.800. The number of halogens is 1. The number of rotatable bonds is 3. The number of hydrogen-bond acceptors (Lipinski definition) is 1. The van der Waals surface area contributed by atoms with Crippen LogP contribution in [0.5, 0.6) is 0 Å². The summed E-state index contributed by atoms with van der Waals surface area (Å²) in [6, 6.07) is 6.37. The molecular weight excluding hydrogens is 252 g/mol. The van der Waals surface area contributed by atoms with Crippen molar-refractivity contribution in [1.82, 2.24) is 4.98 Å². The number of benzene rings is 1. The maximum atomic E-state index is 6.13. The molecule has 0 spiro atoms. The Labute approximate surface area is 98.0 Å². The van der Waals surface area contributed by atoms with Crippen LogP contribution in [-0.4, -0.2) is 4.98 Å². The van der Waals surface area contributed by atoms with Gasteiger partial charge in [0.2, 0.25) is 0 Å². The molecule has 1 aromatic carbocycles. The largest absolute Gasteiger partial charge is 0.361 e. The molecule has 0 saturated heterocycles. The predicted molar refractivity (Wildman–Crippen MR) is 67.8 cm³/mol. The van der Waals surface area contributed by atoms with Crippen LogP contribution in [0.25, 0.3) is 10.9 Å². The molecule has 15 heavy (non-hydrogen) atoms. The van der Waals surface area contributed by atoms with E-state index in [4.69, 9.17) is 5.73 Å². The predicted octanol–water partition coefficient (Wildman–Crippen LogP) is 3.73. The van der Waals surface area contributed by atoms with Crippen molar-refractivity contribution < 1.29 is 0 Å². The van der Waals surface area contributed by atoms with Crippen LogP contribution in [0.2, 0.25) is 0 Å². The van der Waals surface area contributed by atoms with Crippen LogP contribution in [0, 0.1) is 0 Å². The lowest BCUT2D eigenvalue weighted by atomic mass is 10.0. The van der Waals surface area contributed by atoms with Crippen LogP contribution < -0.4 is 5.73 Å². The van der Waals surface area contributed by atoms with Crippen molar-refractivity contribution in [3.63, 3.8) is 0 Å². The summed E-state index contributed by atoms with van der Waals surface area (Å²) in [6.07, 6.45) is 4.17. The first-order valence-electron chi connectivity index (χ1n) is 5.24. The van der Waals surface area contributed by atoms with Crippen molar-refractivity contribution in [1.29, 1.82) is 0 Å². The van der Waals surface area contributed by atoms with Gasteiger partial charge in [0.1, 0.15) is 0 Å². The number of aromatic amines is 1. The van der Waals surface area contributed by atoms with Crippen LogP contribution in [0.1, 0.15) is 31.4 Å². The highest BCUT2D eigenvalue weighted by molar-refractivity contribution is 9.10. The van der Waals surface area contributed by atoms with Gasteiger partial charge in [-0.3, -0.25) is 0 Å². The molecule has 0 bridgehead atoms. The van der Waals surface area contributed by atoms with E-state index < -0.39 is 0 Å². The lowest BCUT2D eigenvalue weighted by molar-refractivity contribution is 0.642. The Morgan fingerprint density at radius 2 is 2.27 bits per heavy atom. The number of nitrogens with one attached hydrogen (secondary N) is 1. The number of aromatic nitrogens is 1. The number of H-pyrrole nitrogens is 1. The molecule has 0 aliphatic carbocycles. The third-order valence-corrected chi connectivity index (χ3v) is 3.17. The average Bonchev–Trinajstić information content (AvgIpc) is 2.60. The van der Waals surface area contributed by atoms with Gasteiger partial charge in [0.25, 0.3) is 0 Å². The second kappa shape index (κ2) is 4.37. The normalized spacial score (nSPS) is 13.3. The molecular formula is C12H15BrN2. The Morgan fingerprint density at radius 1 is 1.47 bits per heavy atom. The topological polar surface area (TPSA) is 41.8 Å². The molecule has 0 amide bonds. The van der Waals surface area contributed by atoms with Gasteiger partial charge in [-0.15, -0.1) is 0 Å². The zero-order valence-corrected chi connectivity index (χ0v) is 10.3. The van der Waals surface area contributed by atoms with Crippen LogP contribution in [0.3, 0.4) is 0 Å². The zero-order chi connectivity index (χ0) is 10.8. The zero-order valence-electron chi connectivity index (χ0n) is 8.76. The highest BCUT2D eigenvalue weighted by Gasteiger charge is 2.10. The summed E-state index contributed by atoms with van der Waals surface area (Å²) in [5, 5.41) is 1.23. The second-order valence-electron chi connectivity index (χ2n) is 3.83. The fraction of sp³-hybridized carbons (Fsp3) is 0.333. The van der Waals surface area contributed by atoms with Crippen molar-refractivity contribution in [2.45, 2.75) is 25.8 Å². The fourth-order valence-electron chi connectivity index (χ4n) is 1.89. The fourth-order valence-corrected chi connectivity index (χ4v) is 2.25. The molecule has 3 N–H and O–H groups in total. The molecule has 0 saturated carbocycles. The van der Waals surface area contributed by atoms with Gasteiger partial charge < -0.3 is 10.7 Å². The smallest absolute Gasteiger partial charge is 0.0458 e. The van der Waals surface area contributed by atoms with Crippen LogP contribution in [0.15, 0.2) is 28.9 Å². The molecule has 0 radical (unpaired) electrons. The Bertz CT molecular complexity index is 462. The number of hydrogen-bond donors (Lipinski definition) is 2. The first kappa shape index (κ1) is 10.7. The van der Waals surface area contributed by atoms with E-state index in [1.54, 1.807) is 0 Å². The van der Waals surface area contributed by atoms with Crippen LogP contribution >= 0.6 is 15.9 Å². The summed E-state index contributed by atoms with van der Waals surface area (Å²) in [7, 11) is 0. The minimum absolute atomic E-state index is 0.137. The van der Waals surface area contributed by atoms with E-state index in [0.717, 1.165) is 22.8 Å². The monoisotopic (exact) mass is 266 g/mol. The van der Waals surface area contributed by atoms with Gasteiger partial charge in [-0.2, -0.15) is 0 Å². The lowest BCUT2D eigenvalue weighted by Gasteiger charge is -2.08. The van der Waals surface area contributed by atoms with Gasteiger partial charge in [0, 0.05) is 27.6 Å². The Morgan fingerprint density at radius 3 is 3.00 bits per heavy atom. The van der Waals surface area contributed by atoms with Crippen molar-refractivity contribution in [2.75, 3.05) is 0 Å². The van der Waals surface area contributed by atoms with Gasteiger partial charge in [-0.25, -0.2) is 0 Å². The summed E-state index contributed by atoms with van der Waals surface area (Å²) in [6.45, 7) is 2.16. The minimum atomic E-state index is 0.137. The highest BCUT2D eigenvalue weighted by Crippen LogP contribution is 2.27. The molecule has 2 nitrogen and oxygen atoms in total. The van der Waals surface area contributed by atoms with Crippen LogP contribution in [0.4, 0.5) is 0 Å². The molecule has 1 aromatic heterocycles. The second-order valence-corrected chi connectivity index (χ2v) is 4.74. The Balaban J connectivity index is 2.47. The molecule has 1 atom stereocenters. The molecule has 0 fully saturated rings. The van der Waals surface area contributed by atoms with Crippen LogP contribution in [-0.2, 0) is 0 Å². The SMILES string of the molecule is CCC[C@@H](N)c1c[nH]c2ccc(Br)cc12. The standard InChI is InChI=1S/C12H15BrN2/c1-2-3-11(14)10-7-15-12-5-4-8(13)6-9(10)12/h4-7,11,15H,2-3,14H2,1H3/t11-/m1/s1. The molecule has 0 aliphatic heterocycles. The first-order chi connectivity index (χ1) is 7.22. The maximum absolute atomic E-state index is 6.13. The first-order valence-corrected chi connectivity index (χ1v) is 6.03. The molecule has 80 valence electrons. The van der Waals surface area contributed by atoms with Crippen molar-refractivity contribution in [3.8, 4) is 0 Å². The Kier molecular flexibility index (Phi) is 3.12. The van der Waals surface area contributed by atoms with Gasteiger partial charge in [0.05, 0.1) is 0 Å². The summed E-state index contributed by atoms with van der Waals surface area (Å²) < 4.78 is 1.10. The average molecular weight is 267 g/mol. The van der Waals surface area contributed by atoms with Crippen molar-refractivity contribution in [2.24, 2.45) is 5.73 Å². The van der Waals surface area contributed by atoms with E-state index in [2.05, 4.69) is 40.0 Å². The van der Waals surface area contributed by atoms with E-state index in [1.807, 2.05) is 12.3 Å². The van der Waals surface area contributed by atoms with E-state index in [0.29, 0.717) is 0 Å². The molecule has 1 heterocycles. The van der Waals surface area contributed by atoms with Crippen molar-refractivity contribution >= 4 is 26.8 Å².